The summed E-state index contributed by atoms with van der Waals surface area (Å²) in [6.07, 6.45) is 0. The molecule has 0 bridgehead atoms. The highest BCUT2D eigenvalue weighted by Crippen LogP contribution is 2.23. The first kappa shape index (κ1) is 12.4. The molecule has 6 heteroatoms. The summed E-state index contributed by atoms with van der Waals surface area (Å²) < 4.78 is 0. The molecule has 2 rings (SSSR count). The van der Waals surface area contributed by atoms with Gasteiger partial charge in [-0.05, 0) is 12.1 Å². The zero-order valence-electron chi connectivity index (χ0n) is 9.80. The highest BCUT2D eigenvalue weighted by Gasteiger charge is 2.30. The predicted molar refractivity (Wildman–Crippen MR) is 66.6 cm³/mol. The Hall–Kier alpha value is -2.08. The van der Waals surface area contributed by atoms with E-state index in [0.717, 1.165) is 0 Å². The maximum Gasteiger partial charge on any atom is 0.327 e. The fourth-order valence-electron chi connectivity index (χ4n) is 2.15. The molecule has 1 saturated heterocycles. The Morgan fingerprint density at radius 3 is 2.78 bits per heavy atom. The van der Waals surface area contributed by atoms with Crippen molar-refractivity contribution in [2.24, 2.45) is 5.73 Å². The van der Waals surface area contributed by atoms with Gasteiger partial charge in [-0.3, -0.25) is 4.79 Å². The van der Waals surface area contributed by atoms with E-state index in [9.17, 15) is 14.7 Å². The number of piperazine rings is 1. The summed E-state index contributed by atoms with van der Waals surface area (Å²) in [4.78, 5) is 24.3. The summed E-state index contributed by atoms with van der Waals surface area (Å²) in [5.74, 6) is -1.46. The maximum atomic E-state index is 11.4. The Kier molecular flexibility index (Phi) is 3.47. The minimum Gasteiger partial charge on any atom is -0.480 e. The molecule has 1 heterocycles. The second-order valence-corrected chi connectivity index (χ2v) is 4.13. The van der Waals surface area contributed by atoms with Crippen LogP contribution in [0.3, 0.4) is 0 Å². The van der Waals surface area contributed by atoms with Gasteiger partial charge in [-0.2, -0.15) is 0 Å². The van der Waals surface area contributed by atoms with Crippen molar-refractivity contribution in [3.05, 3.63) is 29.8 Å². The lowest BCUT2D eigenvalue weighted by Gasteiger charge is -2.36. The van der Waals surface area contributed by atoms with Crippen LogP contribution in [0.25, 0.3) is 0 Å². The first-order valence-corrected chi connectivity index (χ1v) is 5.70. The number of rotatable bonds is 3. The van der Waals surface area contributed by atoms with Crippen LogP contribution < -0.4 is 16.0 Å². The molecule has 1 atom stereocenters. The van der Waals surface area contributed by atoms with Crippen molar-refractivity contribution in [3.8, 4) is 0 Å². The minimum atomic E-state index is -0.915. The van der Waals surface area contributed by atoms with E-state index in [-0.39, 0.29) is 0 Å². The van der Waals surface area contributed by atoms with E-state index in [0.29, 0.717) is 30.9 Å². The molecule has 1 amide bonds. The summed E-state index contributed by atoms with van der Waals surface area (Å²) in [5.41, 5.74) is 6.25. The van der Waals surface area contributed by atoms with Crippen LogP contribution in [-0.4, -0.2) is 42.7 Å². The molecule has 1 aromatic rings. The number of para-hydroxylation sites is 1. The molecule has 0 spiro atoms. The molecule has 96 valence electrons. The van der Waals surface area contributed by atoms with E-state index in [1.54, 1.807) is 29.2 Å². The van der Waals surface area contributed by atoms with Crippen molar-refractivity contribution in [3.63, 3.8) is 0 Å². The van der Waals surface area contributed by atoms with Gasteiger partial charge in [0.1, 0.15) is 6.04 Å². The Morgan fingerprint density at radius 1 is 1.39 bits per heavy atom. The number of amides is 1. The fraction of sp³-hybridized carbons (Fsp3) is 0.333. The maximum absolute atomic E-state index is 11.4. The summed E-state index contributed by atoms with van der Waals surface area (Å²) in [6, 6.07) is 6.13. The number of carbonyl (C=O) groups is 2. The monoisotopic (exact) mass is 249 g/mol. The van der Waals surface area contributed by atoms with Crippen LogP contribution in [0, 0.1) is 0 Å². The normalized spacial score (nSPS) is 19.6. The van der Waals surface area contributed by atoms with E-state index in [1.807, 2.05) is 0 Å². The number of aliphatic carboxylic acids is 1. The van der Waals surface area contributed by atoms with Crippen molar-refractivity contribution in [1.29, 1.82) is 0 Å². The number of hydrogen-bond donors (Lipinski definition) is 3. The van der Waals surface area contributed by atoms with Gasteiger partial charge in [-0.15, -0.1) is 0 Å². The van der Waals surface area contributed by atoms with Crippen molar-refractivity contribution < 1.29 is 14.7 Å². The van der Waals surface area contributed by atoms with Gasteiger partial charge >= 0.3 is 5.97 Å². The first-order chi connectivity index (χ1) is 8.61. The quantitative estimate of drug-likeness (QED) is 0.680. The average molecular weight is 249 g/mol. The lowest BCUT2D eigenvalue weighted by molar-refractivity contribution is -0.138. The standard InChI is InChI=1S/C12H15N3O3/c13-11(16)8-3-1-2-4-9(8)15-6-5-14-7-10(15)12(17)18/h1-4,10,14H,5-7H2,(H2,13,16)(H,17,18). The predicted octanol–water partition coefficient (Wildman–Crippen LogP) is -0.352. The van der Waals surface area contributed by atoms with Gasteiger partial charge in [-0.1, -0.05) is 12.1 Å². The fourth-order valence-corrected chi connectivity index (χ4v) is 2.15. The third-order valence-electron chi connectivity index (χ3n) is 3.01. The third kappa shape index (κ3) is 2.28. The van der Waals surface area contributed by atoms with Crippen molar-refractivity contribution in [2.45, 2.75) is 6.04 Å². The smallest absolute Gasteiger partial charge is 0.327 e. The van der Waals surface area contributed by atoms with Crippen LogP contribution in [0.4, 0.5) is 5.69 Å². The molecule has 1 aliphatic heterocycles. The van der Waals surface area contributed by atoms with Gasteiger partial charge in [0.25, 0.3) is 5.91 Å². The van der Waals surface area contributed by atoms with E-state index in [4.69, 9.17) is 5.73 Å². The van der Waals surface area contributed by atoms with Crippen LogP contribution >= 0.6 is 0 Å². The lowest BCUT2D eigenvalue weighted by Crippen LogP contribution is -2.55. The van der Waals surface area contributed by atoms with Gasteiger partial charge in [0.15, 0.2) is 0 Å². The number of hydrogen-bond acceptors (Lipinski definition) is 4. The minimum absolute atomic E-state index is 0.350. The molecular weight excluding hydrogens is 234 g/mol. The highest BCUT2D eigenvalue weighted by atomic mass is 16.4. The van der Waals surface area contributed by atoms with E-state index in [1.165, 1.54) is 0 Å². The molecule has 0 aliphatic carbocycles. The number of carboxylic acid groups (broad SMARTS) is 1. The molecule has 0 saturated carbocycles. The molecule has 0 radical (unpaired) electrons. The molecule has 1 aliphatic rings. The summed E-state index contributed by atoms with van der Waals surface area (Å²) in [5, 5.41) is 12.2. The van der Waals surface area contributed by atoms with E-state index in [2.05, 4.69) is 5.32 Å². The van der Waals surface area contributed by atoms with Crippen LogP contribution in [-0.2, 0) is 4.79 Å². The molecule has 18 heavy (non-hydrogen) atoms. The Balaban J connectivity index is 2.39. The number of carboxylic acids is 1. The Labute approximate surface area is 104 Å². The van der Waals surface area contributed by atoms with Crippen molar-refractivity contribution in [1.82, 2.24) is 5.32 Å². The molecule has 1 unspecified atom stereocenters. The van der Waals surface area contributed by atoms with Crippen LogP contribution in [0.15, 0.2) is 24.3 Å². The van der Waals surface area contributed by atoms with Gasteiger partial charge < -0.3 is 21.1 Å². The summed E-state index contributed by atoms with van der Waals surface area (Å²) in [7, 11) is 0. The second kappa shape index (κ2) is 5.05. The number of benzene rings is 1. The van der Waals surface area contributed by atoms with Crippen LogP contribution in [0.2, 0.25) is 0 Å². The van der Waals surface area contributed by atoms with Crippen LogP contribution in [0.5, 0.6) is 0 Å². The van der Waals surface area contributed by atoms with Gasteiger partial charge in [0, 0.05) is 19.6 Å². The molecule has 1 fully saturated rings. The number of primary amides is 1. The molecule has 6 nitrogen and oxygen atoms in total. The van der Waals surface area contributed by atoms with E-state index >= 15 is 0 Å². The van der Waals surface area contributed by atoms with Crippen molar-refractivity contribution >= 4 is 17.6 Å². The topological polar surface area (TPSA) is 95.7 Å². The number of carbonyl (C=O) groups excluding carboxylic acids is 1. The molecule has 0 aromatic heterocycles. The molecular formula is C12H15N3O3. The summed E-state index contributed by atoms with van der Waals surface area (Å²) >= 11 is 0. The summed E-state index contributed by atoms with van der Waals surface area (Å²) in [6.45, 7) is 1.56. The van der Waals surface area contributed by atoms with Gasteiger partial charge in [0.2, 0.25) is 0 Å². The second-order valence-electron chi connectivity index (χ2n) is 4.13. The zero-order valence-corrected chi connectivity index (χ0v) is 9.80. The molecule has 4 N–H and O–H groups in total. The van der Waals surface area contributed by atoms with Crippen molar-refractivity contribution in [2.75, 3.05) is 24.5 Å². The number of nitrogens with one attached hydrogen (secondary N) is 1. The van der Waals surface area contributed by atoms with Gasteiger partial charge in [0.05, 0.1) is 11.3 Å². The average Bonchev–Trinajstić information content (AvgIpc) is 2.38. The Morgan fingerprint density at radius 2 is 2.11 bits per heavy atom. The van der Waals surface area contributed by atoms with Gasteiger partial charge in [-0.25, -0.2) is 4.79 Å². The number of nitrogens with two attached hydrogens (primary N) is 1. The highest BCUT2D eigenvalue weighted by molar-refractivity contribution is 5.99. The first-order valence-electron chi connectivity index (χ1n) is 5.70. The number of nitrogens with zero attached hydrogens (tertiary/aromatic N) is 1. The third-order valence-corrected chi connectivity index (χ3v) is 3.01. The lowest BCUT2D eigenvalue weighted by atomic mass is 10.1. The number of anilines is 1. The SMILES string of the molecule is NC(=O)c1ccccc1N1CCNCC1C(=O)O. The van der Waals surface area contributed by atoms with Crippen LogP contribution in [0.1, 0.15) is 10.4 Å². The molecule has 1 aromatic carbocycles. The van der Waals surface area contributed by atoms with E-state index < -0.39 is 17.9 Å². The largest absolute Gasteiger partial charge is 0.480 e. The Bertz CT molecular complexity index is 475. The zero-order chi connectivity index (χ0) is 13.1.